The van der Waals surface area contributed by atoms with Crippen molar-refractivity contribution in [3.8, 4) is 11.5 Å². The number of benzene rings is 1. The lowest BCUT2D eigenvalue weighted by Crippen LogP contribution is -1.97. The maximum Gasteiger partial charge on any atom is 0.119 e. The van der Waals surface area contributed by atoms with Crippen LogP contribution in [-0.4, -0.2) is 10.2 Å². The minimum absolute atomic E-state index is 0.373. The van der Waals surface area contributed by atoms with Crippen LogP contribution in [0.1, 0.15) is 141 Å². The quantitative estimate of drug-likeness (QED) is 0.164. The molecule has 2 heteroatoms. The van der Waals surface area contributed by atoms with Crippen molar-refractivity contribution in [2.75, 3.05) is 0 Å². The molecule has 0 heterocycles. The van der Waals surface area contributed by atoms with Gasteiger partial charge in [-0.3, -0.25) is 0 Å². The van der Waals surface area contributed by atoms with Crippen LogP contribution in [0, 0.1) is 0 Å². The van der Waals surface area contributed by atoms with Gasteiger partial charge in [0.25, 0.3) is 0 Å². The number of hydrogen-bond donors (Lipinski definition) is 2. The molecule has 0 aliphatic heterocycles. The molecule has 174 valence electrons. The fourth-order valence-corrected chi connectivity index (χ4v) is 4.45. The van der Waals surface area contributed by atoms with Crippen molar-refractivity contribution in [3.05, 3.63) is 23.3 Å². The molecule has 1 aromatic carbocycles. The zero-order valence-electron chi connectivity index (χ0n) is 20.2. The zero-order chi connectivity index (χ0) is 21.9. The molecule has 0 radical (unpaired) electrons. The SMILES string of the molecule is CCCCCCCCCCCc1c(O)ccc(O)c1CCCCCCCCCCC. The van der Waals surface area contributed by atoms with E-state index in [1.807, 2.05) is 0 Å². The Hall–Kier alpha value is -1.18. The molecule has 0 bridgehead atoms. The van der Waals surface area contributed by atoms with Gasteiger partial charge in [0.05, 0.1) is 0 Å². The van der Waals surface area contributed by atoms with Gasteiger partial charge in [0, 0.05) is 11.1 Å². The Morgan fingerprint density at radius 1 is 0.433 bits per heavy atom. The van der Waals surface area contributed by atoms with Crippen LogP contribution in [-0.2, 0) is 12.8 Å². The van der Waals surface area contributed by atoms with E-state index in [1.54, 1.807) is 12.1 Å². The number of aromatic hydroxyl groups is 2. The van der Waals surface area contributed by atoms with Gasteiger partial charge < -0.3 is 10.2 Å². The van der Waals surface area contributed by atoms with E-state index in [4.69, 9.17) is 0 Å². The Morgan fingerprint density at radius 2 is 0.700 bits per heavy atom. The van der Waals surface area contributed by atoms with E-state index in [9.17, 15) is 10.2 Å². The first kappa shape index (κ1) is 26.9. The van der Waals surface area contributed by atoms with Gasteiger partial charge in [-0.1, -0.05) is 117 Å². The van der Waals surface area contributed by atoms with Crippen molar-refractivity contribution in [1.29, 1.82) is 0 Å². The van der Waals surface area contributed by atoms with Crippen molar-refractivity contribution < 1.29 is 10.2 Å². The third kappa shape index (κ3) is 12.5. The highest BCUT2D eigenvalue weighted by atomic mass is 16.3. The van der Waals surface area contributed by atoms with Gasteiger partial charge in [-0.2, -0.15) is 0 Å². The maximum atomic E-state index is 10.4. The molecule has 1 rings (SSSR count). The lowest BCUT2D eigenvalue weighted by atomic mass is 9.94. The van der Waals surface area contributed by atoms with Crippen LogP contribution in [0.3, 0.4) is 0 Å². The van der Waals surface area contributed by atoms with Gasteiger partial charge in [-0.25, -0.2) is 0 Å². The highest BCUT2D eigenvalue weighted by Gasteiger charge is 2.12. The van der Waals surface area contributed by atoms with E-state index in [2.05, 4.69) is 13.8 Å². The number of phenolic OH excluding ortho intramolecular Hbond substituents is 2. The van der Waals surface area contributed by atoms with Gasteiger partial charge in [0.15, 0.2) is 0 Å². The largest absolute Gasteiger partial charge is 0.508 e. The third-order valence-corrected chi connectivity index (χ3v) is 6.44. The maximum absolute atomic E-state index is 10.4. The number of rotatable bonds is 20. The number of unbranched alkanes of at least 4 members (excludes halogenated alkanes) is 16. The van der Waals surface area contributed by atoms with Crippen LogP contribution in [0.25, 0.3) is 0 Å². The molecule has 0 amide bonds. The summed E-state index contributed by atoms with van der Waals surface area (Å²) in [5.41, 5.74) is 2.00. The molecule has 2 N–H and O–H groups in total. The molecule has 0 spiro atoms. The first-order valence-electron chi connectivity index (χ1n) is 13.2. The first-order chi connectivity index (χ1) is 14.7. The monoisotopic (exact) mass is 418 g/mol. The molecule has 0 fully saturated rings. The average molecular weight is 419 g/mol. The summed E-state index contributed by atoms with van der Waals surface area (Å²) in [5, 5.41) is 20.7. The molecular formula is C28H50O2. The molecule has 1 aromatic rings. The standard InChI is InChI=1S/C28H50O2/c1-3-5-7-9-11-13-15-17-19-21-25-26(28(30)24-23-27(25)29)22-20-18-16-14-12-10-8-6-4-2/h23-24,29-30H,3-22H2,1-2H3. The van der Waals surface area contributed by atoms with Crippen LogP contribution in [0.15, 0.2) is 12.1 Å². The molecule has 0 atom stereocenters. The van der Waals surface area contributed by atoms with Gasteiger partial charge in [-0.05, 0) is 37.8 Å². The average Bonchev–Trinajstić information content (AvgIpc) is 2.75. The lowest BCUT2D eigenvalue weighted by molar-refractivity contribution is 0.444. The minimum Gasteiger partial charge on any atom is -0.508 e. The van der Waals surface area contributed by atoms with E-state index in [0.717, 1.165) is 36.8 Å². The van der Waals surface area contributed by atoms with E-state index < -0.39 is 0 Å². The highest BCUT2D eigenvalue weighted by molar-refractivity contribution is 5.47. The Labute approximate surface area is 187 Å². The Morgan fingerprint density at radius 3 is 1.00 bits per heavy atom. The van der Waals surface area contributed by atoms with Crippen molar-refractivity contribution in [1.82, 2.24) is 0 Å². The van der Waals surface area contributed by atoms with Crippen LogP contribution < -0.4 is 0 Å². The summed E-state index contributed by atoms with van der Waals surface area (Å²) in [7, 11) is 0. The minimum atomic E-state index is 0.373. The van der Waals surface area contributed by atoms with Crippen LogP contribution in [0.4, 0.5) is 0 Å². The highest BCUT2D eigenvalue weighted by Crippen LogP contribution is 2.32. The van der Waals surface area contributed by atoms with Gasteiger partial charge >= 0.3 is 0 Å². The van der Waals surface area contributed by atoms with Gasteiger partial charge in [0.2, 0.25) is 0 Å². The van der Waals surface area contributed by atoms with E-state index in [-0.39, 0.29) is 0 Å². The fourth-order valence-electron chi connectivity index (χ4n) is 4.45. The molecule has 2 nitrogen and oxygen atoms in total. The number of hydrogen-bond acceptors (Lipinski definition) is 2. The molecule has 0 saturated heterocycles. The first-order valence-corrected chi connectivity index (χ1v) is 13.2. The summed E-state index contributed by atoms with van der Waals surface area (Å²) in [6.07, 6.45) is 25.3. The van der Waals surface area contributed by atoms with Crippen molar-refractivity contribution >= 4 is 0 Å². The summed E-state index contributed by atoms with van der Waals surface area (Å²) < 4.78 is 0. The fraction of sp³-hybridized carbons (Fsp3) is 0.786. The Balaban J connectivity index is 2.26. The van der Waals surface area contributed by atoms with E-state index >= 15 is 0 Å². The molecule has 30 heavy (non-hydrogen) atoms. The summed E-state index contributed by atoms with van der Waals surface area (Å²) in [5.74, 6) is 0.747. The predicted molar refractivity (Wildman–Crippen MR) is 132 cm³/mol. The molecule has 0 aliphatic rings. The second-order valence-corrected chi connectivity index (χ2v) is 9.22. The van der Waals surface area contributed by atoms with Crippen LogP contribution in [0.5, 0.6) is 11.5 Å². The normalized spacial score (nSPS) is 11.3. The third-order valence-electron chi connectivity index (χ3n) is 6.44. The topological polar surface area (TPSA) is 40.5 Å². The predicted octanol–water partition coefficient (Wildman–Crippen LogP) is 9.24. The lowest BCUT2D eigenvalue weighted by Gasteiger charge is -2.14. The molecule has 0 aromatic heterocycles. The van der Waals surface area contributed by atoms with Crippen LogP contribution >= 0.6 is 0 Å². The van der Waals surface area contributed by atoms with Crippen molar-refractivity contribution in [2.24, 2.45) is 0 Å². The van der Waals surface area contributed by atoms with E-state index in [0.29, 0.717) is 11.5 Å². The Bertz CT molecular complexity index is 477. The van der Waals surface area contributed by atoms with Crippen molar-refractivity contribution in [3.63, 3.8) is 0 Å². The number of phenols is 2. The summed E-state index contributed by atoms with van der Waals surface area (Å²) >= 11 is 0. The van der Waals surface area contributed by atoms with Gasteiger partial charge in [0.1, 0.15) is 11.5 Å². The summed E-state index contributed by atoms with van der Waals surface area (Å²) in [6, 6.07) is 3.33. The second-order valence-electron chi connectivity index (χ2n) is 9.22. The smallest absolute Gasteiger partial charge is 0.119 e. The molecule has 0 saturated carbocycles. The summed E-state index contributed by atoms with van der Waals surface area (Å²) in [4.78, 5) is 0. The summed E-state index contributed by atoms with van der Waals surface area (Å²) in [6.45, 7) is 4.53. The zero-order valence-corrected chi connectivity index (χ0v) is 20.2. The molecular weight excluding hydrogens is 368 g/mol. The molecule has 0 aliphatic carbocycles. The van der Waals surface area contributed by atoms with E-state index in [1.165, 1.54) is 103 Å². The Kier molecular flexibility index (Phi) is 16.6. The second kappa shape index (κ2) is 18.6. The van der Waals surface area contributed by atoms with Crippen molar-refractivity contribution in [2.45, 2.75) is 142 Å². The molecule has 0 unspecified atom stereocenters. The van der Waals surface area contributed by atoms with Crippen LogP contribution in [0.2, 0.25) is 0 Å². The van der Waals surface area contributed by atoms with Gasteiger partial charge in [-0.15, -0.1) is 0 Å².